The predicted octanol–water partition coefficient (Wildman–Crippen LogP) is 1.20. The van der Waals surface area contributed by atoms with Gasteiger partial charge in [-0.25, -0.2) is 4.79 Å². The van der Waals surface area contributed by atoms with E-state index in [1.807, 2.05) is 0 Å². The van der Waals surface area contributed by atoms with Gasteiger partial charge in [0.25, 0.3) is 0 Å². The van der Waals surface area contributed by atoms with E-state index in [1.165, 1.54) is 0 Å². The number of aliphatic carboxylic acids is 1. The maximum Gasteiger partial charge on any atom is 0.321 e. The number of carboxylic acid groups (broad SMARTS) is 1. The third-order valence-electron chi connectivity index (χ3n) is 2.63. The largest absolute Gasteiger partial charge is 0.481 e. The van der Waals surface area contributed by atoms with Crippen molar-refractivity contribution in [2.24, 2.45) is 5.41 Å². The van der Waals surface area contributed by atoms with Gasteiger partial charge in [-0.2, -0.15) is 0 Å². The van der Waals surface area contributed by atoms with Crippen molar-refractivity contribution in [1.82, 2.24) is 15.8 Å². The molecule has 0 saturated carbocycles. The Hall–Kier alpha value is -2.38. The normalized spacial score (nSPS) is 11.0. The Labute approximate surface area is 121 Å². The number of aromatic nitrogens is 1. The second-order valence-corrected chi connectivity index (χ2v) is 5.57. The quantitative estimate of drug-likeness (QED) is 0.725. The fourth-order valence-corrected chi connectivity index (χ4v) is 1.79. The number of nitrogens with one attached hydrogen (secondary N) is 2. The summed E-state index contributed by atoms with van der Waals surface area (Å²) in [5.74, 6) is -0.896. The Bertz CT molecular complexity index is 536. The maximum absolute atomic E-state index is 11.7. The van der Waals surface area contributed by atoms with Gasteiger partial charge in [0.1, 0.15) is 11.5 Å². The average molecular weight is 297 g/mol. The summed E-state index contributed by atoms with van der Waals surface area (Å²) in [5.41, 5.74) is -0.180. The molecular weight excluding hydrogens is 278 g/mol. The van der Waals surface area contributed by atoms with E-state index < -0.39 is 23.3 Å². The van der Waals surface area contributed by atoms with Crippen molar-refractivity contribution >= 4 is 17.9 Å². The van der Waals surface area contributed by atoms with Gasteiger partial charge in [-0.05, 0) is 12.3 Å². The topological polar surface area (TPSA) is 122 Å². The summed E-state index contributed by atoms with van der Waals surface area (Å²) in [6.45, 7) is 5.16. The summed E-state index contributed by atoms with van der Waals surface area (Å²) in [5, 5.41) is 17.0. The van der Waals surface area contributed by atoms with Crippen LogP contribution in [0.3, 0.4) is 0 Å². The van der Waals surface area contributed by atoms with E-state index in [2.05, 4.69) is 15.8 Å². The van der Waals surface area contributed by atoms with E-state index in [1.54, 1.807) is 26.8 Å². The summed E-state index contributed by atoms with van der Waals surface area (Å²) in [6, 6.07) is 1.00. The number of hydrogen-bond acceptors (Lipinski definition) is 5. The van der Waals surface area contributed by atoms with Crippen LogP contribution in [-0.2, 0) is 16.1 Å². The van der Waals surface area contributed by atoms with Crippen molar-refractivity contribution in [2.45, 2.75) is 40.2 Å². The van der Waals surface area contributed by atoms with Gasteiger partial charge in [-0.15, -0.1) is 0 Å². The molecule has 0 atom stereocenters. The first-order chi connectivity index (χ1) is 9.68. The molecule has 8 heteroatoms. The van der Waals surface area contributed by atoms with Gasteiger partial charge < -0.3 is 14.9 Å². The number of nitrogens with zero attached hydrogens (tertiary/aromatic N) is 1. The van der Waals surface area contributed by atoms with Crippen LogP contribution in [0.5, 0.6) is 0 Å². The molecule has 0 aliphatic carbocycles. The average Bonchev–Trinajstić information content (AvgIpc) is 2.69. The van der Waals surface area contributed by atoms with E-state index in [4.69, 9.17) is 9.63 Å². The molecule has 1 aromatic heterocycles. The molecule has 0 saturated heterocycles. The molecule has 0 bridgehead atoms. The second-order valence-electron chi connectivity index (χ2n) is 5.57. The highest BCUT2D eigenvalue weighted by Crippen LogP contribution is 2.24. The molecule has 8 nitrogen and oxygen atoms in total. The third kappa shape index (κ3) is 6.55. The van der Waals surface area contributed by atoms with Crippen LogP contribution in [0.1, 0.15) is 38.1 Å². The molecular formula is C13H19N3O5. The number of amides is 3. The Balaban J connectivity index is 2.36. The highest BCUT2D eigenvalue weighted by molar-refractivity contribution is 5.94. The van der Waals surface area contributed by atoms with Gasteiger partial charge in [0, 0.05) is 12.5 Å². The van der Waals surface area contributed by atoms with Crippen molar-refractivity contribution < 1.29 is 24.0 Å². The van der Waals surface area contributed by atoms with Crippen LogP contribution in [0.15, 0.2) is 10.6 Å². The van der Waals surface area contributed by atoms with Crippen molar-refractivity contribution in [1.29, 1.82) is 0 Å². The van der Waals surface area contributed by atoms with Gasteiger partial charge >= 0.3 is 12.0 Å². The Morgan fingerprint density at radius 1 is 1.33 bits per heavy atom. The SMILES string of the molecule is Cc1cc(CNC(=O)NC(=O)CC(C)(C)CC(=O)O)no1. The maximum atomic E-state index is 11.7. The van der Waals surface area contributed by atoms with Crippen LogP contribution in [0.4, 0.5) is 4.79 Å². The van der Waals surface area contributed by atoms with Gasteiger partial charge in [-0.3, -0.25) is 14.9 Å². The molecule has 0 unspecified atom stereocenters. The van der Waals surface area contributed by atoms with Crippen LogP contribution < -0.4 is 10.6 Å². The van der Waals surface area contributed by atoms with Crippen LogP contribution in [0.25, 0.3) is 0 Å². The molecule has 1 heterocycles. The van der Waals surface area contributed by atoms with E-state index in [0.717, 1.165) is 0 Å². The lowest BCUT2D eigenvalue weighted by Crippen LogP contribution is -2.40. The van der Waals surface area contributed by atoms with Crippen LogP contribution in [-0.4, -0.2) is 28.2 Å². The van der Waals surface area contributed by atoms with Gasteiger partial charge in [-0.1, -0.05) is 19.0 Å². The first-order valence-corrected chi connectivity index (χ1v) is 6.39. The number of carbonyl (C=O) groups excluding carboxylic acids is 2. The molecule has 21 heavy (non-hydrogen) atoms. The lowest BCUT2D eigenvalue weighted by atomic mass is 9.85. The monoisotopic (exact) mass is 297 g/mol. The molecule has 3 amide bonds. The molecule has 1 aromatic rings. The fourth-order valence-electron chi connectivity index (χ4n) is 1.79. The standard InChI is InChI=1S/C13H19N3O5/c1-8-4-9(16-21-8)7-14-12(20)15-10(17)5-13(2,3)6-11(18)19/h4H,5-7H2,1-3H3,(H,18,19)(H2,14,15,17,20). The highest BCUT2D eigenvalue weighted by atomic mass is 16.5. The summed E-state index contributed by atoms with van der Waals surface area (Å²) in [4.78, 5) is 33.8. The number of imide groups is 1. The van der Waals surface area contributed by atoms with Crippen molar-refractivity contribution in [3.05, 3.63) is 17.5 Å². The number of urea groups is 1. The molecule has 0 aliphatic rings. The highest BCUT2D eigenvalue weighted by Gasteiger charge is 2.25. The molecule has 116 valence electrons. The van der Waals surface area contributed by atoms with E-state index in [-0.39, 0.29) is 19.4 Å². The summed E-state index contributed by atoms with van der Waals surface area (Å²) in [6.07, 6.45) is -0.212. The Morgan fingerprint density at radius 2 is 2.00 bits per heavy atom. The van der Waals surface area contributed by atoms with Crippen molar-refractivity contribution in [3.63, 3.8) is 0 Å². The Morgan fingerprint density at radius 3 is 2.52 bits per heavy atom. The molecule has 0 radical (unpaired) electrons. The van der Waals surface area contributed by atoms with Gasteiger partial charge in [0.05, 0.1) is 13.0 Å². The minimum atomic E-state index is -0.987. The first-order valence-electron chi connectivity index (χ1n) is 6.39. The lowest BCUT2D eigenvalue weighted by molar-refractivity contribution is -0.139. The lowest BCUT2D eigenvalue weighted by Gasteiger charge is -2.21. The number of hydrogen-bond donors (Lipinski definition) is 3. The van der Waals surface area contributed by atoms with E-state index >= 15 is 0 Å². The van der Waals surface area contributed by atoms with Crippen LogP contribution in [0, 0.1) is 12.3 Å². The third-order valence-corrected chi connectivity index (χ3v) is 2.63. The first kappa shape index (κ1) is 16.7. The molecule has 3 N–H and O–H groups in total. The van der Waals surface area contributed by atoms with Crippen molar-refractivity contribution in [3.8, 4) is 0 Å². The zero-order valence-corrected chi connectivity index (χ0v) is 12.2. The number of carbonyl (C=O) groups is 3. The second kappa shape index (κ2) is 6.87. The number of rotatable bonds is 6. The minimum absolute atomic E-state index is 0.0597. The summed E-state index contributed by atoms with van der Waals surface area (Å²) >= 11 is 0. The molecule has 0 aromatic carbocycles. The zero-order chi connectivity index (χ0) is 16.0. The Kier molecular flexibility index (Phi) is 5.45. The smallest absolute Gasteiger partial charge is 0.321 e. The van der Waals surface area contributed by atoms with Gasteiger partial charge in [0.15, 0.2) is 0 Å². The molecule has 0 fully saturated rings. The molecule has 1 rings (SSSR count). The van der Waals surface area contributed by atoms with Crippen LogP contribution in [0.2, 0.25) is 0 Å². The number of carboxylic acids is 1. The zero-order valence-electron chi connectivity index (χ0n) is 12.2. The van der Waals surface area contributed by atoms with E-state index in [0.29, 0.717) is 11.5 Å². The van der Waals surface area contributed by atoms with Gasteiger partial charge in [0.2, 0.25) is 5.91 Å². The van der Waals surface area contributed by atoms with E-state index in [9.17, 15) is 14.4 Å². The summed E-state index contributed by atoms with van der Waals surface area (Å²) < 4.78 is 4.84. The fraction of sp³-hybridized carbons (Fsp3) is 0.538. The van der Waals surface area contributed by atoms with Crippen LogP contribution >= 0.6 is 0 Å². The minimum Gasteiger partial charge on any atom is -0.481 e. The number of aryl methyl sites for hydroxylation is 1. The molecule has 0 spiro atoms. The predicted molar refractivity (Wildman–Crippen MR) is 72.3 cm³/mol. The molecule has 0 aliphatic heterocycles. The summed E-state index contributed by atoms with van der Waals surface area (Å²) in [7, 11) is 0. The van der Waals surface area contributed by atoms with Crippen molar-refractivity contribution in [2.75, 3.05) is 0 Å².